The standard InChI is InChI=1S/C16H20N2O3/c1-2-21-16(19)15-13(11-18-7-9-20-10-8-18)12-5-3-4-6-14(12)17-15/h3-6,17H,2,7-11H2,1H3. The number of H-pyrrole nitrogens is 1. The number of carbonyl (C=O) groups excluding carboxylic acids is 1. The maximum atomic E-state index is 12.2. The molecule has 1 saturated heterocycles. The lowest BCUT2D eigenvalue weighted by Gasteiger charge is -2.26. The van der Waals surface area contributed by atoms with Crippen molar-refractivity contribution in [2.75, 3.05) is 32.9 Å². The number of aromatic nitrogens is 1. The van der Waals surface area contributed by atoms with Crippen molar-refractivity contribution in [2.45, 2.75) is 13.5 Å². The van der Waals surface area contributed by atoms with Gasteiger partial charge in [-0.2, -0.15) is 0 Å². The minimum atomic E-state index is -0.281. The number of fused-ring (bicyclic) bond motifs is 1. The molecule has 1 fully saturated rings. The van der Waals surface area contributed by atoms with Gasteiger partial charge in [-0.05, 0) is 13.0 Å². The van der Waals surface area contributed by atoms with Crippen LogP contribution in [-0.4, -0.2) is 48.8 Å². The Morgan fingerprint density at radius 1 is 1.33 bits per heavy atom. The Bertz CT molecular complexity index is 629. The summed E-state index contributed by atoms with van der Waals surface area (Å²) in [5, 5.41) is 1.09. The van der Waals surface area contributed by atoms with Crippen LogP contribution in [0.25, 0.3) is 10.9 Å². The predicted molar refractivity (Wildman–Crippen MR) is 80.4 cm³/mol. The molecule has 0 spiro atoms. The monoisotopic (exact) mass is 288 g/mol. The summed E-state index contributed by atoms with van der Waals surface area (Å²) in [5.74, 6) is -0.281. The fraction of sp³-hybridized carbons (Fsp3) is 0.438. The molecule has 0 amide bonds. The molecule has 1 aromatic carbocycles. The highest BCUT2D eigenvalue weighted by Crippen LogP contribution is 2.25. The van der Waals surface area contributed by atoms with Crippen molar-refractivity contribution in [3.8, 4) is 0 Å². The second kappa shape index (κ2) is 6.28. The van der Waals surface area contributed by atoms with Crippen LogP contribution in [0, 0.1) is 0 Å². The van der Waals surface area contributed by atoms with Crippen LogP contribution in [0.5, 0.6) is 0 Å². The molecular formula is C16H20N2O3. The van der Waals surface area contributed by atoms with Crippen molar-refractivity contribution < 1.29 is 14.3 Å². The minimum Gasteiger partial charge on any atom is -0.461 e. The van der Waals surface area contributed by atoms with Gasteiger partial charge in [-0.1, -0.05) is 18.2 Å². The van der Waals surface area contributed by atoms with Gasteiger partial charge in [0.1, 0.15) is 5.69 Å². The zero-order chi connectivity index (χ0) is 14.7. The summed E-state index contributed by atoms with van der Waals surface area (Å²) in [6.45, 7) is 6.21. The van der Waals surface area contributed by atoms with Crippen LogP contribution < -0.4 is 0 Å². The van der Waals surface area contributed by atoms with Crippen molar-refractivity contribution in [1.82, 2.24) is 9.88 Å². The molecule has 1 aliphatic heterocycles. The third kappa shape index (κ3) is 2.94. The van der Waals surface area contributed by atoms with E-state index in [9.17, 15) is 4.79 Å². The second-order valence-corrected chi connectivity index (χ2v) is 5.13. The highest BCUT2D eigenvalue weighted by molar-refractivity contribution is 5.98. The highest BCUT2D eigenvalue weighted by atomic mass is 16.5. The number of hydrogen-bond acceptors (Lipinski definition) is 4. The highest BCUT2D eigenvalue weighted by Gasteiger charge is 2.21. The van der Waals surface area contributed by atoms with Crippen LogP contribution >= 0.6 is 0 Å². The number of rotatable bonds is 4. The van der Waals surface area contributed by atoms with Gasteiger partial charge < -0.3 is 14.5 Å². The summed E-state index contributed by atoms with van der Waals surface area (Å²) in [4.78, 5) is 17.7. The van der Waals surface area contributed by atoms with Crippen molar-refractivity contribution in [1.29, 1.82) is 0 Å². The number of nitrogens with one attached hydrogen (secondary N) is 1. The second-order valence-electron chi connectivity index (χ2n) is 5.13. The number of aromatic amines is 1. The van der Waals surface area contributed by atoms with Gasteiger partial charge in [-0.3, -0.25) is 4.90 Å². The summed E-state index contributed by atoms with van der Waals surface area (Å²) in [7, 11) is 0. The molecule has 0 atom stereocenters. The molecule has 0 bridgehead atoms. The molecule has 0 radical (unpaired) electrons. The lowest BCUT2D eigenvalue weighted by molar-refractivity contribution is 0.0338. The number of carbonyl (C=O) groups is 1. The van der Waals surface area contributed by atoms with E-state index in [1.165, 1.54) is 0 Å². The van der Waals surface area contributed by atoms with E-state index in [4.69, 9.17) is 9.47 Å². The number of ether oxygens (including phenoxy) is 2. The predicted octanol–water partition coefficient (Wildman–Crippen LogP) is 2.18. The molecule has 112 valence electrons. The first-order valence-electron chi connectivity index (χ1n) is 7.36. The van der Waals surface area contributed by atoms with Crippen molar-refractivity contribution >= 4 is 16.9 Å². The Kier molecular flexibility index (Phi) is 4.22. The molecule has 1 aromatic heterocycles. The summed E-state index contributed by atoms with van der Waals surface area (Å²) < 4.78 is 10.6. The van der Waals surface area contributed by atoms with Gasteiger partial charge >= 0.3 is 5.97 Å². The third-order valence-electron chi connectivity index (χ3n) is 3.78. The van der Waals surface area contributed by atoms with Gasteiger partial charge in [0.25, 0.3) is 0 Å². The van der Waals surface area contributed by atoms with E-state index in [2.05, 4.69) is 9.88 Å². The SMILES string of the molecule is CCOC(=O)c1[nH]c2ccccc2c1CN1CCOCC1. The topological polar surface area (TPSA) is 54.6 Å². The van der Waals surface area contributed by atoms with Gasteiger partial charge in [0.05, 0.1) is 19.8 Å². The Morgan fingerprint density at radius 2 is 2.10 bits per heavy atom. The van der Waals surface area contributed by atoms with Crippen LogP contribution in [0.2, 0.25) is 0 Å². The van der Waals surface area contributed by atoms with E-state index >= 15 is 0 Å². The lowest BCUT2D eigenvalue weighted by Crippen LogP contribution is -2.36. The van der Waals surface area contributed by atoms with Gasteiger partial charge in [-0.25, -0.2) is 4.79 Å². The van der Waals surface area contributed by atoms with Crippen molar-refractivity contribution in [2.24, 2.45) is 0 Å². The molecule has 1 N–H and O–H groups in total. The molecule has 3 rings (SSSR count). The van der Waals surface area contributed by atoms with Crippen LogP contribution in [0.15, 0.2) is 24.3 Å². The van der Waals surface area contributed by atoms with E-state index in [0.29, 0.717) is 12.3 Å². The van der Waals surface area contributed by atoms with E-state index in [1.54, 1.807) is 0 Å². The Labute approximate surface area is 123 Å². The van der Waals surface area contributed by atoms with Gasteiger partial charge in [0, 0.05) is 36.1 Å². The van der Waals surface area contributed by atoms with Crippen LogP contribution in [0.4, 0.5) is 0 Å². The average Bonchev–Trinajstić information content (AvgIpc) is 2.88. The average molecular weight is 288 g/mol. The molecule has 5 heteroatoms. The van der Waals surface area contributed by atoms with Gasteiger partial charge in [-0.15, -0.1) is 0 Å². The Balaban J connectivity index is 1.96. The quantitative estimate of drug-likeness (QED) is 0.876. The maximum Gasteiger partial charge on any atom is 0.355 e. The number of para-hydroxylation sites is 1. The molecule has 0 unspecified atom stereocenters. The normalized spacial score (nSPS) is 16.2. The Hall–Kier alpha value is -1.85. The van der Waals surface area contributed by atoms with Crippen molar-refractivity contribution in [3.05, 3.63) is 35.5 Å². The number of morpholine rings is 1. The maximum absolute atomic E-state index is 12.2. The number of esters is 1. The summed E-state index contributed by atoms with van der Waals surface area (Å²) in [5.41, 5.74) is 2.57. The first-order valence-corrected chi connectivity index (χ1v) is 7.36. The zero-order valence-corrected chi connectivity index (χ0v) is 12.2. The van der Waals surface area contributed by atoms with Gasteiger partial charge in [0.2, 0.25) is 0 Å². The van der Waals surface area contributed by atoms with Crippen LogP contribution in [-0.2, 0) is 16.0 Å². The summed E-state index contributed by atoms with van der Waals surface area (Å²) >= 11 is 0. The largest absolute Gasteiger partial charge is 0.461 e. The Morgan fingerprint density at radius 3 is 2.86 bits per heavy atom. The molecule has 0 saturated carbocycles. The van der Waals surface area contributed by atoms with E-state index in [1.807, 2.05) is 31.2 Å². The molecular weight excluding hydrogens is 268 g/mol. The fourth-order valence-corrected chi connectivity index (χ4v) is 2.72. The summed E-state index contributed by atoms with van der Waals surface area (Å²) in [6.07, 6.45) is 0. The molecule has 21 heavy (non-hydrogen) atoms. The fourth-order valence-electron chi connectivity index (χ4n) is 2.72. The van der Waals surface area contributed by atoms with E-state index in [0.717, 1.165) is 49.3 Å². The minimum absolute atomic E-state index is 0.281. The van der Waals surface area contributed by atoms with Crippen LogP contribution in [0.3, 0.4) is 0 Å². The number of nitrogens with zero attached hydrogens (tertiary/aromatic N) is 1. The molecule has 2 aromatic rings. The molecule has 1 aliphatic rings. The molecule has 5 nitrogen and oxygen atoms in total. The summed E-state index contributed by atoms with van der Waals surface area (Å²) in [6, 6.07) is 7.99. The van der Waals surface area contributed by atoms with Gasteiger partial charge in [0.15, 0.2) is 0 Å². The number of benzene rings is 1. The molecule has 2 heterocycles. The third-order valence-corrected chi connectivity index (χ3v) is 3.78. The zero-order valence-electron chi connectivity index (χ0n) is 12.2. The number of hydrogen-bond donors (Lipinski definition) is 1. The first kappa shape index (κ1) is 14.1. The van der Waals surface area contributed by atoms with Crippen molar-refractivity contribution in [3.63, 3.8) is 0 Å². The smallest absolute Gasteiger partial charge is 0.355 e. The van der Waals surface area contributed by atoms with Crippen LogP contribution in [0.1, 0.15) is 23.0 Å². The van der Waals surface area contributed by atoms with E-state index < -0.39 is 0 Å². The lowest BCUT2D eigenvalue weighted by atomic mass is 10.1. The van der Waals surface area contributed by atoms with E-state index in [-0.39, 0.29) is 5.97 Å². The first-order chi connectivity index (χ1) is 10.3. The molecule has 0 aliphatic carbocycles.